The summed E-state index contributed by atoms with van der Waals surface area (Å²) < 4.78 is 4.00. The maximum atomic E-state index is 13.3. The summed E-state index contributed by atoms with van der Waals surface area (Å²) in [5.74, 6) is 1.40. The molecule has 4 heterocycles. The number of fused-ring (bicyclic) bond motifs is 1. The van der Waals surface area contributed by atoms with Gasteiger partial charge in [-0.1, -0.05) is 13.3 Å². The van der Waals surface area contributed by atoms with Gasteiger partial charge in [0.25, 0.3) is 5.91 Å². The van der Waals surface area contributed by atoms with Gasteiger partial charge in [0.2, 0.25) is 0 Å². The largest absolute Gasteiger partial charge is 0.338 e. The van der Waals surface area contributed by atoms with Gasteiger partial charge in [0.1, 0.15) is 11.4 Å². The van der Waals surface area contributed by atoms with Crippen molar-refractivity contribution in [1.29, 1.82) is 0 Å². The van der Waals surface area contributed by atoms with Crippen LogP contribution in [0.4, 0.5) is 0 Å². The van der Waals surface area contributed by atoms with E-state index in [9.17, 15) is 4.79 Å². The van der Waals surface area contributed by atoms with Gasteiger partial charge in [-0.3, -0.25) is 4.79 Å². The van der Waals surface area contributed by atoms with E-state index in [1.807, 2.05) is 31.0 Å². The summed E-state index contributed by atoms with van der Waals surface area (Å²) in [5, 5.41) is 4.38. The van der Waals surface area contributed by atoms with Gasteiger partial charge in [0, 0.05) is 49.3 Å². The van der Waals surface area contributed by atoms with Crippen LogP contribution in [0.3, 0.4) is 0 Å². The Hall–Kier alpha value is -2.70. The Morgan fingerprint density at radius 1 is 1.32 bits per heavy atom. The van der Waals surface area contributed by atoms with Crippen molar-refractivity contribution < 1.29 is 4.79 Å². The Kier molecular flexibility index (Phi) is 5.15. The number of rotatable bonds is 5. The second kappa shape index (κ2) is 7.73. The van der Waals surface area contributed by atoms with Gasteiger partial charge in [0.05, 0.1) is 6.20 Å². The molecule has 28 heavy (non-hydrogen) atoms. The number of likely N-dealkylation sites (tertiary alicyclic amines) is 1. The summed E-state index contributed by atoms with van der Waals surface area (Å²) >= 11 is 0. The number of hydrogen-bond acceptors (Lipinski definition) is 4. The molecular weight excluding hydrogens is 352 g/mol. The van der Waals surface area contributed by atoms with Crippen LogP contribution in [-0.4, -0.2) is 48.0 Å². The quantitative estimate of drug-likeness (QED) is 0.681. The summed E-state index contributed by atoms with van der Waals surface area (Å²) in [6.07, 6.45) is 9.96. The lowest BCUT2D eigenvalue weighted by atomic mass is 9.96. The standard InChI is InChI=1S/C21H28N6O/c1-4-5-9-25-11-8-22-19(25)17-7-6-10-26(14-17)21(28)18-13-23-27-16(3)12-15(2)24-20(18)27/h8,11-13,17H,4-7,9-10,14H2,1-3H3/t17-/m0/s1. The van der Waals surface area contributed by atoms with Crippen molar-refractivity contribution in [1.82, 2.24) is 29.0 Å². The molecule has 1 atom stereocenters. The fourth-order valence-electron chi connectivity index (χ4n) is 4.16. The summed E-state index contributed by atoms with van der Waals surface area (Å²) in [7, 11) is 0. The van der Waals surface area contributed by atoms with Crippen molar-refractivity contribution in [2.45, 2.75) is 58.9 Å². The van der Waals surface area contributed by atoms with Gasteiger partial charge in [0.15, 0.2) is 5.65 Å². The predicted molar refractivity (Wildman–Crippen MR) is 107 cm³/mol. The summed E-state index contributed by atoms with van der Waals surface area (Å²) in [5.41, 5.74) is 3.11. The van der Waals surface area contributed by atoms with E-state index in [0.29, 0.717) is 17.8 Å². The minimum Gasteiger partial charge on any atom is -0.338 e. The van der Waals surface area contributed by atoms with Crippen molar-refractivity contribution in [3.63, 3.8) is 0 Å². The number of unbranched alkanes of at least 4 members (excludes halogenated alkanes) is 1. The van der Waals surface area contributed by atoms with Crippen molar-refractivity contribution in [2.24, 2.45) is 0 Å². The number of nitrogens with zero attached hydrogens (tertiary/aromatic N) is 6. The zero-order valence-corrected chi connectivity index (χ0v) is 16.9. The van der Waals surface area contributed by atoms with Crippen LogP contribution < -0.4 is 0 Å². The first-order valence-electron chi connectivity index (χ1n) is 10.2. The third kappa shape index (κ3) is 3.41. The van der Waals surface area contributed by atoms with Gasteiger partial charge in [-0.05, 0) is 39.2 Å². The Morgan fingerprint density at radius 3 is 3.00 bits per heavy atom. The minimum absolute atomic E-state index is 0.0175. The second-order valence-electron chi connectivity index (χ2n) is 7.76. The maximum absolute atomic E-state index is 13.3. The van der Waals surface area contributed by atoms with Gasteiger partial charge in [-0.15, -0.1) is 0 Å². The lowest BCUT2D eigenvalue weighted by Gasteiger charge is -2.32. The third-order valence-corrected chi connectivity index (χ3v) is 5.58. The molecule has 0 aliphatic carbocycles. The van der Waals surface area contributed by atoms with E-state index in [0.717, 1.165) is 56.0 Å². The number of aryl methyl sites for hydroxylation is 3. The zero-order valence-electron chi connectivity index (χ0n) is 16.9. The highest BCUT2D eigenvalue weighted by atomic mass is 16.2. The van der Waals surface area contributed by atoms with Crippen molar-refractivity contribution in [2.75, 3.05) is 13.1 Å². The predicted octanol–water partition coefficient (Wildman–Crippen LogP) is 3.36. The average Bonchev–Trinajstić information content (AvgIpc) is 3.33. The van der Waals surface area contributed by atoms with E-state index in [2.05, 4.69) is 32.8 Å². The SMILES string of the molecule is CCCCn1ccnc1[C@H]1CCCN(C(=O)c2cnn3c(C)cc(C)nc23)C1. The van der Waals surface area contributed by atoms with E-state index < -0.39 is 0 Å². The first-order chi connectivity index (χ1) is 13.6. The van der Waals surface area contributed by atoms with E-state index in [-0.39, 0.29) is 11.8 Å². The topological polar surface area (TPSA) is 68.3 Å². The average molecular weight is 380 g/mol. The van der Waals surface area contributed by atoms with Crippen LogP contribution in [0.5, 0.6) is 0 Å². The minimum atomic E-state index is 0.0175. The summed E-state index contributed by atoms with van der Waals surface area (Å²) in [6.45, 7) is 8.59. The lowest BCUT2D eigenvalue weighted by molar-refractivity contribution is 0.0705. The molecule has 0 saturated carbocycles. The molecule has 1 saturated heterocycles. The molecule has 1 aliphatic heterocycles. The fraction of sp³-hybridized carbons (Fsp3) is 0.524. The highest BCUT2D eigenvalue weighted by Gasteiger charge is 2.29. The molecule has 3 aromatic rings. The molecular formula is C21H28N6O. The van der Waals surface area contributed by atoms with Gasteiger partial charge in [-0.2, -0.15) is 5.10 Å². The van der Waals surface area contributed by atoms with Crippen LogP contribution >= 0.6 is 0 Å². The normalized spacial score (nSPS) is 17.4. The van der Waals surface area contributed by atoms with Crippen molar-refractivity contribution >= 4 is 11.6 Å². The van der Waals surface area contributed by atoms with Gasteiger partial charge in [-0.25, -0.2) is 14.5 Å². The zero-order chi connectivity index (χ0) is 19.7. The Bertz CT molecular complexity index is 988. The molecule has 0 bridgehead atoms. The van der Waals surface area contributed by atoms with E-state index in [1.165, 1.54) is 0 Å². The molecule has 7 nitrogen and oxygen atoms in total. The van der Waals surface area contributed by atoms with Crippen LogP contribution in [0.15, 0.2) is 24.7 Å². The van der Waals surface area contributed by atoms with Gasteiger partial charge < -0.3 is 9.47 Å². The lowest BCUT2D eigenvalue weighted by Crippen LogP contribution is -2.39. The molecule has 1 fully saturated rings. The number of carbonyl (C=O) groups is 1. The highest BCUT2D eigenvalue weighted by molar-refractivity contribution is 5.99. The molecule has 1 aliphatic rings. The van der Waals surface area contributed by atoms with Crippen LogP contribution in [0.25, 0.3) is 5.65 Å². The maximum Gasteiger partial charge on any atom is 0.259 e. The fourth-order valence-corrected chi connectivity index (χ4v) is 4.16. The second-order valence-corrected chi connectivity index (χ2v) is 7.76. The Balaban J connectivity index is 1.57. The molecule has 148 valence electrons. The number of aromatic nitrogens is 5. The van der Waals surface area contributed by atoms with Crippen molar-refractivity contribution in [3.8, 4) is 0 Å². The molecule has 0 radical (unpaired) electrons. The molecule has 0 aromatic carbocycles. The number of imidazole rings is 1. The molecule has 7 heteroatoms. The van der Waals surface area contributed by atoms with Crippen LogP contribution in [-0.2, 0) is 6.54 Å². The number of carbonyl (C=O) groups excluding carboxylic acids is 1. The summed E-state index contributed by atoms with van der Waals surface area (Å²) in [4.78, 5) is 24.4. The summed E-state index contributed by atoms with van der Waals surface area (Å²) in [6, 6.07) is 1.97. The third-order valence-electron chi connectivity index (χ3n) is 5.58. The first kappa shape index (κ1) is 18.7. The molecule has 0 unspecified atom stereocenters. The van der Waals surface area contributed by atoms with Crippen LogP contribution in [0.1, 0.15) is 66.1 Å². The smallest absolute Gasteiger partial charge is 0.259 e. The van der Waals surface area contributed by atoms with E-state index >= 15 is 0 Å². The monoisotopic (exact) mass is 380 g/mol. The van der Waals surface area contributed by atoms with Gasteiger partial charge >= 0.3 is 0 Å². The molecule has 0 N–H and O–H groups in total. The van der Waals surface area contributed by atoms with Crippen molar-refractivity contribution in [3.05, 3.63) is 47.4 Å². The first-order valence-corrected chi connectivity index (χ1v) is 10.2. The molecule has 4 rings (SSSR count). The molecule has 0 spiro atoms. The number of amides is 1. The van der Waals surface area contributed by atoms with Crippen LogP contribution in [0, 0.1) is 13.8 Å². The number of piperidine rings is 1. The Morgan fingerprint density at radius 2 is 2.18 bits per heavy atom. The highest BCUT2D eigenvalue weighted by Crippen LogP contribution is 2.27. The van der Waals surface area contributed by atoms with E-state index in [1.54, 1.807) is 10.7 Å². The van der Waals surface area contributed by atoms with Crippen LogP contribution in [0.2, 0.25) is 0 Å². The Labute approximate surface area is 165 Å². The van der Waals surface area contributed by atoms with E-state index in [4.69, 9.17) is 0 Å². The molecule has 3 aromatic heterocycles. The molecule has 1 amide bonds. The number of hydrogen-bond donors (Lipinski definition) is 0.